The van der Waals surface area contributed by atoms with Crippen LogP contribution in [0, 0.1) is 5.92 Å². The molecule has 0 aromatic heterocycles. The highest BCUT2D eigenvalue weighted by Crippen LogP contribution is 2.43. The van der Waals surface area contributed by atoms with Gasteiger partial charge in [-0.3, -0.25) is 24.3 Å². The normalized spacial score (nSPS) is 26.5. The van der Waals surface area contributed by atoms with Gasteiger partial charge in [0.2, 0.25) is 6.79 Å². The van der Waals surface area contributed by atoms with Gasteiger partial charge in [0, 0.05) is 50.6 Å². The number of carbonyl (C=O) groups is 1. The van der Waals surface area contributed by atoms with Crippen LogP contribution < -0.4 is 9.47 Å². The number of benzene rings is 1. The molecule has 1 N–H and O–H groups in total. The number of nitrogens with zero attached hydrogens (tertiary/aromatic N) is 4. The molecule has 3 aliphatic heterocycles. The van der Waals surface area contributed by atoms with Crippen molar-refractivity contribution in [3.05, 3.63) is 36.4 Å². The van der Waals surface area contributed by atoms with E-state index < -0.39 is 6.35 Å². The van der Waals surface area contributed by atoms with Gasteiger partial charge in [-0.15, -0.1) is 6.58 Å². The number of aliphatic hydroxyl groups is 1. The number of rotatable bonds is 12. The molecule has 1 amide bonds. The lowest BCUT2D eigenvalue weighted by molar-refractivity contribution is -0.188. The second-order valence-electron chi connectivity index (χ2n) is 10.4. The second-order valence-corrected chi connectivity index (χ2v) is 10.4. The van der Waals surface area contributed by atoms with E-state index in [9.17, 15) is 9.90 Å². The minimum absolute atomic E-state index is 0.00723. The Kier molecular flexibility index (Phi) is 9.83. The number of ether oxygens (including phenoxy) is 2. The third-order valence-electron chi connectivity index (χ3n) is 7.79. The van der Waals surface area contributed by atoms with Gasteiger partial charge >= 0.3 is 0 Å². The van der Waals surface area contributed by atoms with Gasteiger partial charge in [0.25, 0.3) is 5.91 Å². The van der Waals surface area contributed by atoms with E-state index in [1.165, 1.54) is 5.56 Å². The molecule has 0 saturated carbocycles. The molecule has 206 valence electrons. The first kappa shape index (κ1) is 27.9. The fourth-order valence-corrected chi connectivity index (χ4v) is 5.85. The topological polar surface area (TPSA) is 78.0 Å². The minimum atomic E-state index is -0.570. The van der Waals surface area contributed by atoms with Crippen LogP contribution >= 0.6 is 0 Å². The quantitative estimate of drug-likeness (QED) is 0.336. The highest BCUT2D eigenvalue weighted by Gasteiger charge is 2.42. The van der Waals surface area contributed by atoms with Gasteiger partial charge in [0.1, 0.15) is 0 Å². The van der Waals surface area contributed by atoms with Crippen molar-refractivity contribution in [3.8, 4) is 11.5 Å². The molecule has 0 bridgehead atoms. The molecule has 0 radical (unpaired) electrons. The minimum Gasteiger partial charge on any atom is -0.454 e. The standard InChI is InChI=1S/C28H44N4O5/c1-5-12-32(37-16-6-2)27(33)19-31-18-23(21-9-10-25-26(17-21)36-20-35-25)22(7-3)24(31)11-15-30-14-8-13-29(4)28(30)34/h7,9-10,17,22-24,28,34H,3,5-6,8,11-16,18-20H2,1-2,4H3/t22-,23-,24+,28?/m1/s1. The number of amides is 1. The fourth-order valence-electron chi connectivity index (χ4n) is 5.85. The molecule has 9 heteroatoms. The molecule has 3 heterocycles. The van der Waals surface area contributed by atoms with Crippen LogP contribution in [0.4, 0.5) is 0 Å². The fraction of sp³-hybridized carbons (Fsp3) is 0.679. The van der Waals surface area contributed by atoms with Crippen LogP contribution in [0.15, 0.2) is 30.9 Å². The summed E-state index contributed by atoms with van der Waals surface area (Å²) in [7, 11) is 1.96. The highest BCUT2D eigenvalue weighted by molar-refractivity contribution is 5.77. The van der Waals surface area contributed by atoms with Crippen LogP contribution in [-0.4, -0.2) is 103 Å². The average molecular weight is 517 g/mol. The molecule has 37 heavy (non-hydrogen) atoms. The molecule has 4 atom stereocenters. The van der Waals surface area contributed by atoms with E-state index in [0.717, 1.165) is 63.4 Å². The number of hydrogen-bond donors (Lipinski definition) is 1. The van der Waals surface area contributed by atoms with Gasteiger partial charge in [-0.1, -0.05) is 26.0 Å². The van der Waals surface area contributed by atoms with Crippen molar-refractivity contribution in [2.45, 2.75) is 57.8 Å². The summed E-state index contributed by atoms with van der Waals surface area (Å²) in [5.41, 5.74) is 1.17. The smallest absolute Gasteiger partial charge is 0.260 e. The molecular formula is C28H44N4O5. The highest BCUT2D eigenvalue weighted by atomic mass is 16.7. The first-order valence-corrected chi connectivity index (χ1v) is 13.8. The van der Waals surface area contributed by atoms with Crippen LogP contribution in [0.2, 0.25) is 0 Å². The number of hydrogen-bond acceptors (Lipinski definition) is 8. The third-order valence-corrected chi connectivity index (χ3v) is 7.79. The van der Waals surface area contributed by atoms with E-state index in [1.807, 2.05) is 31.0 Å². The number of aliphatic hydroxyl groups excluding tert-OH is 1. The summed E-state index contributed by atoms with van der Waals surface area (Å²) >= 11 is 0. The Labute approximate surface area is 221 Å². The van der Waals surface area contributed by atoms with Gasteiger partial charge in [0.05, 0.1) is 13.2 Å². The summed E-state index contributed by atoms with van der Waals surface area (Å²) in [6.45, 7) is 13.2. The molecule has 2 saturated heterocycles. The van der Waals surface area contributed by atoms with Crippen molar-refractivity contribution < 1.29 is 24.2 Å². The summed E-state index contributed by atoms with van der Waals surface area (Å²) < 4.78 is 11.2. The van der Waals surface area contributed by atoms with Crippen molar-refractivity contribution in [3.63, 3.8) is 0 Å². The molecule has 4 rings (SSSR count). The average Bonchev–Trinajstić information content (AvgIpc) is 3.51. The maximum Gasteiger partial charge on any atom is 0.260 e. The zero-order valence-corrected chi connectivity index (χ0v) is 22.7. The van der Waals surface area contributed by atoms with E-state index >= 15 is 0 Å². The Balaban J connectivity index is 1.54. The van der Waals surface area contributed by atoms with Gasteiger partial charge in [-0.25, -0.2) is 5.06 Å². The molecule has 1 unspecified atom stereocenters. The molecule has 3 aliphatic rings. The number of likely N-dealkylation sites (tertiary alicyclic amines) is 1. The Morgan fingerprint density at radius 2 is 2.03 bits per heavy atom. The van der Waals surface area contributed by atoms with Crippen LogP contribution in [0.25, 0.3) is 0 Å². The van der Waals surface area contributed by atoms with Crippen molar-refractivity contribution in [2.75, 3.05) is 59.7 Å². The Bertz CT molecular complexity index is 915. The lowest BCUT2D eigenvalue weighted by Crippen LogP contribution is -2.53. The summed E-state index contributed by atoms with van der Waals surface area (Å²) in [4.78, 5) is 25.6. The number of fused-ring (bicyclic) bond motifs is 1. The zero-order chi connectivity index (χ0) is 26.4. The molecular weight excluding hydrogens is 472 g/mol. The lowest BCUT2D eigenvalue weighted by atomic mass is 9.84. The maximum absolute atomic E-state index is 13.4. The number of carbonyl (C=O) groups excluding carboxylic acids is 1. The van der Waals surface area contributed by atoms with E-state index in [-0.39, 0.29) is 30.6 Å². The Morgan fingerprint density at radius 1 is 1.22 bits per heavy atom. The van der Waals surface area contributed by atoms with Crippen molar-refractivity contribution in [1.29, 1.82) is 0 Å². The first-order chi connectivity index (χ1) is 18.0. The zero-order valence-electron chi connectivity index (χ0n) is 22.7. The van der Waals surface area contributed by atoms with E-state index in [0.29, 0.717) is 19.7 Å². The van der Waals surface area contributed by atoms with Crippen molar-refractivity contribution in [1.82, 2.24) is 19.8 Å². The van der Waals surface area contributed by atoms with Gasteiger partial charge in [-0.2, -0.15) is 0 Å². The Morgan fingerprint density at radius 3 is 2.78 bits per heavy atom. The molecule has 9 nitrogen and oxygen atoms in total. The van der Waals surface area contributed by atoms with Gasteiger partial charge in [0.15, 0.2) is 17.9 Å². The predicted octanol–water partition coefficient (Wildman–Crippen LogP) is 2.87. The van der Waals surface area contributed by atoms with Crippen LogP contribution in [0.1, 0.15) is 51.0 Å². The van der Waals surface area contributed by atoms with Crippen molar-refractivity contribution >= 4 is 5.91 Å². The second kappa shape index (κ2) is 13.1. The van der Waals surface area contributed by atoms with Gasteiger partial charge < -0.3 is 14.6 Å². The molecule has 0 aliphatic carbocycles. The third kappa shape index (κ3) is 6.46. The SMILES string of the molecule is C=C[C@@H]1[C@@H](c2ccc3c(c2)OCO3)CN(CC(=O)N(CCC)OCCC)[C@H]1CCN1CCCN(C)C1O. The van der Waals surface area contributed by atoms with Crippen LogP contribution in [0.5, 0.6) is 11.5 Å². The van der Waals surface area contributed by atoms with E-state index in [4.69, 9.17) is 14.3 Å². The summed E-state index contributed by atoms with van der Waals surface area (Å²) in [6, 6.07) is 6.27. The lowest BCUT2D eigenvalue weighted by Gasteiger charge is -2.39. The first-order valence-electron chi connectivity index (χ1n) is 13.8. The van der Waals surface area contributed by atoms with Crippen LogP contribution in [0.3, 0.4) is 0 Å². The Hall–Kier alpha value is -2.17. The predicted molar refractivity (Wildman–Crippen MR) is 142 cm³/mol. The van der Waals surface area contributed by atoms with E-state index in [2.05, 4.69) is 35.4 Å². The molecule has 1 aromatic rings. The number of hydroxylamine groups is 2. The molecule has 0 spiro atoms. The summed E-state index contributed by atoms with van der Waals surface area (Å²) in [5, 5.41) is 12.2. The molecule has 2 fully saturated rings. The largest absolute Gasteiger partial charge is 0.454 e. The molecule has 1 aromatic carbocycles. The monoisotopic (exact) mass is 516 g/mol. The van der Waals surface area contributed by atoms with Crippen molar-refractivity contribution in [2.24, 2.45) is 5.92 Å². The van der Waals surface area contributed by atoms with Gasteiger partial charge in [-0.05, 0) is 50.4 Å². The maximum atomic E-state index is 13.4. The van der Waals surface area contributed by atoms with Crippen LogP contribution in [-0.2, 0) is 9.63 Å². The summed E-state index contributed by atoms with van der Waals surface area (Å²) in [5.74, 6) is 1.87. The summed E-state index contributed by atoms with van der Waals surface area (Å²) in [6.07, 6.45) is 5.04. The van der Waals surface area contributed by atoms with E-state index in [1.54, 1.807) is 5.06 Å².